The molecule has 0 atom stereocenters. The summed E-state index contributed by atoms with van der Waals surface area (Å²) >= 11 is 0. The Morgan fingerprint density at radius 3 is 2.73 bits per heavy atom. The third-order valence-corrected chi connectivity index (χ3v) is 2.98. The van der Waals surface area contributed by atoms with Crippen molar-refractivity contribution in [3.63, 3.8) is 0 Å². The number of nitrogens with one attached hydrogen (secondary N) is 2. The van der Waals surface area contributed by atoms with E-state index in [2.05, 4.69) is 34.3 Å². The second-order valence-corrected chi connectivity index (χ2v) is 4.66. The van der Waals surface area contributed by atoms with Crippen molar-refractivity contribution in [1.29, 1.82) is 0 Å². The van der Waals surface area contributed by atoms with Gasteiger partial charge in [-0.05, 0) is 12.8 Å². The Kier molecular flexibility index (Phi) is 3.36. The molecule has 1 aromatic heterocycles. The van der Waals surface area contributed by atoms with Crippen molar-refractivity contribution in [2.75, 3.05) is 0 Å². The summed E-state index contributed by atoms with van der Waals surface area (Å²) in [5.74, 6) is 2.28. The molecule has 1 fully saturated rings. The molecule has 0 aliphatic heterocycles. The minimum atomic E-state index is 0.404. The first-order chi connectivity index (χ1) is 7.25. The maximum Gasteiger partial charge on any atom is 0.153 e. The quantitative estimate of drug-likeness (QED) is 0.795. The Morgan fingerprint density at radius 1 is 1.40 bits per heavy atom. The molecule has 84 valence electrons. The Labute approximate surface area is 90.9 Å². The number of rotatable bonds is 4. The monoisotopic (exact) mass is 208 g/mol. The summed E-state index contributed by atoms with van der Waals surface area (Å²) in [5.41, 5.74) is 0. The van der Waals surface area contributed by atoms with Crippen molar-refractivity contribution >= 4 is 0 Å². The van der Waals surface area contributed by atoms with Crippen LogP contribution in [0, 0.1) is 0 Å². The van der Waals surface area contributed by atoms with Gasteiger partial charge in [-0.2, -0.15) is 5.10 Å². The average Bonchev–Trinajstić information content (AvgIpc) is 2.86. The lowest BCUT2D eigenvalue weighted by Crippen LogP contribution is -2.25. The van der Waals surface area contributed by atoms with Gasteiger partial charge in [0.2, 0.25) is 0 Å². The van der Waals surface area contributed by atoms with Gasteiger partial charge >= 0.3 is 0 Å². The lowest BCUT2D eigenvalue weighted by Gasteiger charge is -2.09. The van der Waals surface area contributed by atoms with Crippen LogP contribution in [0.3, 0.4) is 0 Å². The van der Waals surface area contributed by atoms with E-state index in [0.29, 0.717) is 12.0 Å². The van der Waals surface area contributed by atoms with Gasteiger partial charge in [0.25, 0.3) is 0 Å². The molecule has 0 radical (unpaired) electrons. The third kappa shape index (κ3) is 2.78. The molecule has 0 unspecified atom stereocenters. The number of hydrogen-bond acceptors (Lipinski definition) is 3. The summed E-state index contributed by atoms with van der Waals surface area (Å²) in [6.07, 6.45) is 5.35. The fourth-order valence-corrected chi connectivity index (χ4v) is 2.02. The van der Waals surface area contributed by atoms with Gasteiger partial charge in [0, 0.05) is 12.0 Å². The molecule has 2 N–H and O–H groups in total. The Balaban J connectivity index is 1.82. The number of H-pyrrole nitrogens is 1. The molecule has 15 heavy (non-hydrogen) atoms. The molecule has 1 heterocycles. The van der Waals surface area contributed by atoms with Crippen molar-refractivity contribution < 1.29 is 0 Å². The fraction of sp³-hybridized carbons (Fsp3) is 0.818. The van der Waals surface area contributed by atoms with Crippen LogP contribution >= 0.6 is 0 Å². The highest BCUT2D eigenvalue weighted by atomic mass is 15.2. The van der Waals surface area contributed by atoms with E-state index >= 15 is 0 Å². The van der Waals surface area contributed by atoms with Crippen molar-refractivity contribution in [3.8, 4) is 0 Å². The van der Waals surface area contributed by atoms with Gasteiger partial charge in [-0.3, -0.25) is 5.10 Å². The van der Waals surface area contributed by atoms with Crippen LogP contribution in [0.4, 0.5) is 0 Å². The topological polar surface area (TPSA) is 53.6 Å². The zero-order valence-electron chi connectivity index (χ0n) is 9.58. The molecule has 4 nitrogen and oxygen atoms in total. The standard InChI is InChI=1S/C11H20N4/c1-8(2)11-13-10(14-15-11)7-12-9-5-3-4-6-9/h8-9,12H,3-7H2,1-2H3,(H,13,14,15). The highest BCUT2D eigenvalue weighted by molar-refractivity contribution is 4.95. The van der Waals surface area contributed by atoms with Crippen LogP contribution in [0.1, 0.15) is 57.1 Å². The number of hydrogen-bond donors (Lipinski definition) is 2. The van der Waals surface area contributed by atoms with Gasteiger partial charge in [0.05, 0.1) is 6.54 Å². The summed E-state index contributed by atoms with van der Waals surface area (Å²) in [6.45, 7) is 5.04. The van der Waals surface area contributed by atoms with Crippen molar-refractivity contribution in [2.24, 2.45) is 0 Å². The van der Waals surface area contributed by atoms with Crippen LogP contribution < -0.4 is 5.32 Å². The maximum absolute atomic E-state index is 4.44. The lowest BCUT2D eigenvalue weighted by molar-refractivity contribution is 0.514. The first-order valence-electron chi connectivity index (χ1n) is 5.90. The van der Waals surface area contributed by atoms with Gasteiger partial charge in [-0.25, -0.2) is 4.98 Å². The summed E-state index contributed by atoms with van der Waals surface area (Å²) in [7, 11) is 0. The second kappa shape index (κ2) is 4.75. The van der Waals surface area contributed by atoms with E-state index in [0.717, 1.165) is 18.2 Å². The van der Waals surface area contributed by atoms with Gasteiger partial charge in [-0.1, -0.05) is 26.7 Å². The Bertz CT molecular complexity index is 299. The Hall–Kier alpha value is -0.900. The highest BCUT2D eigenvalue weighted by Crippen LogP contribution is 2.17. The first-order valence-corrected chi connectivity index (χ1v) is 5.90. The van der Waals surface area contributed by atoms with E-state index in [-0.39, 0.29) is 0 Å². The van der Waals surface area contributed by atoms with Crippen LogP contribution in [-0.4, -0.2) is 21.2 Å². The van der Waals surface area contributed by atoms with E-state index in [1.165, 1.54) is 25.7 Å². The van der Waals surface area contributed by atoms with Gasteiger partial charge in [0.1, 0.15) is 5.82 Å². The van der Waals surface area contributed by atoms with Crippen molar-refractivity contribution in [2.45, 2.75) is 58.0 Å². The van der Waals surface area contributed by atoms with E-state index < -0.39 is 0 Å². The molecule has 1 aliphatic rings. The first kappa shape index (κ1) is 10.6. The van der Waals surface area contributed by atoms with Crippen LogP contribution in [0.5, 0.6) is 0 Å². The smallest absolute Gasteiger partial charge is 0.153 e. The van der Waals surface area contributed by atoms with Crippen LogP contribution in [0.15, 0.2) is 0 Å². The highest BCUT2D eigenvalue weighted by Gasteiger charge is 2.14. The van der Waals surface area contributed by atoms with Gasteiger partial charge in [0.15, 0.2) is 5.82 Å². The minimum Gasteiger partial charge on any atom is -0.307 e. The SMILES string of the molecule is CC(C)c1n[nH]c(CNC2CCCC2)n1. The molecule has 1 aliphatic carbocycles. The molecule has 4 heteroatoms. The molecular weight excluding hydrogens is 188 g/mol. The molecule has 0 saturated heterocycles. The van der Waals surface area contributed by atoms with Gasteiger partial charge in [-0.15, -0.1) is 0 Å². The Morgan fingerprint density at radius 2 is 2.13 bits per heavy atom. The van der Waals surface area contributed by atoms with Crippen molar-refractivity contribution in [1.82, 2.24) is 20.5 Å². The molecule has 0 aromatic carbocycles. The zero-order valence-corrected chi connectivity index (χ0v) is 9.58. The molecule has 0 spiro atoms. The molecule has 0 amide bonds. The summed E-state index contributed by atoms with van der Waals surface area (Å²) in [6, 6.07) is 0.692. The van der Waals surface area contributed by atoms with E-state index in [1.807, 2.05) is 0 Å². The minimum absolute atomic E-state index is 0.404. The predicted molar refractivity (Wildman–Crippen MR) is 59.6 cm³/mol. The third-order valence-electron chi connectivity index (χ3n) is 2.98. The van der Waals surface area contributed by atoms with Crippen LogP contribution in [0.2, 0.25) is 0 Å². The van der Waals surface area contributed by atoms with E-state index in [1.54, 1.807) is 0 Å². The van der Waals surface area contributed by atoms with E-state index in [4.69, 9.17) is 0 Å². The fourth-order valence-electron chi connectivity index (χ4n) is 2.02. The predicted octanol–water partition coefficient (Wildman–Crippen LogP) is 1.96. The zero-order chi connectivity index (χ0) is 10.7. The average molecular weight is 208 g/mol. The number of nitrogens with zero attached hydrogens (tertiary/aromatic N) is 2. The van der Waals surface area contributed by atoms with Crippen molar-refractivity contribution in [3.05, 3.63) is 11.6 Å². The molecule has 1 aromatic rings. The molecule has 2 rings (SSSR count). The molecule has 1 saturated carbocycles. The maximum atomic E-state index is 4.44. The largest absolute Gasteiger partial charge is 0.307 e. The van der Waals surface area contributed by atoms with Crippen LogP contribution in [-0.2, 0) is 6.54 Å². The summed E-state index contributed by atoms with van der Waals surface area (Å²) in [4.78, 5) is 4.44. The second-order valence-electron chi connectivity index (χ2n) is 4.66. The summed E-state index contributed by atoms with van der Waals surface area (Å²) in [5, 5.41) is 10.7. The summed E-state index contributed by atoms with van der Waals surface area (Å²) < 4.78 is 0. The molecular formula is C11H20N4. The number of aromatic amines is 1. The van der Waals surface area contributed by atoms with Crippen LogP contribution in [0.25, 0.3) is 0 Å². The number of aromatic nitrogens is 3. The van der Waals surface area contributed by atoms with Gasteiger partial charge < -0.3 is 5.32 Å². The molecule has 0 bridgehead atoms. The van der Waals surface area contributed by atoms with E-state index in [9.17, 15) is 0 Å². The lowest BCUT2D eigenvalue weighted by atomic mass is 10.2. The normalized spacial score (nSPS) is 17.8.